The highest BCUT2D eigenvalue weighted by Crippen LogP contribution is 2.29. The van der Waals surface area contributed by atoms with Crippen LogP contribution in [0.15, 0.2) is 24.3 Å². The first-order valence-corrected chi connectivity index (χ1v) is 4.38. The number of nitrogens with two attached hydrogens (primary N) is 1. The maximum absolute atomic E-state index is 12.2. The van der Waals surface area contributed by atoms with Crippen molar-refractivity contribution >= 4 is 12.4 Å². The molecule has 1 atom stereocenters. The number of halogens is 4. The molecule has 86 valence electrons. The van der Waals surface area contributed by atoms with Crippen molar-refractivity contribution in [3.8, 4) is 0 Å². The maximum Gasteiger partial charge on any atom is 0.416 e. The molecule has 2 N–H and O–H groups in total. The number of rotatable bonds is 2. The lowest BCUT2D eigenvalue weighted by Crippen LogP contribution is -2.10. The Morgan fingerprint density at radius 2 is 1.67 bits per heavy atom. The summed E-state index contributed by atoms with van der Waals surface area (Å²) in [4.78, 5) is 0. The number of alkyl halides is 3. The van der Waals surface area contributed by atoms with E-state index in [0.29, 0.717) is 6.42 Å². The molecule has 1 unspecified atom stereocenters. The van der Waals surface area contributed by atoms with Crippen LogP contribution in [0.1, 0.15) is 30.5 Å². The van der Waals surface area contributed by atoms with Crippen molar-refractivity contribution in [3.63, 3.8) is 0 Å². The van der Waals surface area contributed by atoms with Crippen molar-refractivity contribution < 1.29 is 13.2 Å². The average molecular weight is 240 g/mol. The second kappa shape index (κ2) is 5.37. The standard InChI is InChI=1S/C10H12F3N.ClH/c1-2-9(14)7-3-5-8(6-4-7)10(11,12)13;/h3-6,9H,2,14H2,1H3;1H. The molecule has 1 rings (SSSR count). The van der Waals surface area contributed by atoms with Gasteiger partial charge in [-0.2, -0.15) is 13.2 Å². The predicted molar refractivity (Wildman–Crippen MR) is 55.9 cm³/mol. The lowest BCUT2D eigenvalue weighted by atomic mass is 10.0. The zero-order chi connectivity index (χ0) is 10.8. The topological polar surface area (TPSA) is 26.0 Å². The molecule has 0 heterocycles. The van der Waals surface area contributed by atoms with Crippen LogP contribution in [-0.4, -0.2) is 0 Å². The van der Waals surface area contributed by atoms with E-state index in [1.807, 2.05) is 6.92 Å². The van der Waals surface area contributed by atoms with Gasteiger partial charge in [-0.05, 0) is 24.1 Å². The summed E-state index contributed by atoms with van der Waals surface area (Å²) in [6.45, 7) is 1.89. The quantitative estimate of drug-likeness (QED) is 0.839. The number of benzene rings is 1. The maximum atomic E-state index is 12.2. The molecule has 0 spiro atoms. The van der Waals surface area contributed by atoms with Crippen LogP contribution in [0.5, 0.6) is 0 Å². The van der Waals surface area contributed by atoms with Gasteiger partial charge in [-0.1, -0.05) is 19.1 Å². The minimum Gasteiger partial charge on any atom is -0.324 e. The molecule has 15 heavy (non-hydrogen) atoms. The second-order valence-electron chi connectivity index (χ2n) is 3.13. The molecule has 0 aromatic heterocycles. The minimum absolute atomic E-state index is 0. The molecule has 0 aliphatic carbocycles. The summed E-state index contributed by atoms with van der Waals surface area (Å²) < 4.78 is 36.5. The Morgan fingerprint density at radius 1 is 1.20 bits per heavy atom. The first kappa shape index (κ1) is 14.3. The van der Waals surface area contributed by atoms with Gasteiger partial charge in [0.1, 0.15) is 0 Å². The molecule has 0 aliphatic rings. The van der Waals surface area contributed by atoms with Gasteiger partial charge < -0.3 is 5.73 Å². The molecule has 1 nitrogen and oxygen atoms in total. The van der Waals surface area contributed by atoms with Crippen LogP contribution in [0, 0.1) is 0 Å². The summed E-state index contributed by atoms with van der Waals surface area (Å²) in [5, 5.41) is 0. The highest BCUT2D eigenvalue weighted by atomic mass is 35.5. The summed E-state index contributed by atoms with van der Waals surface area (Å²) in [5.74, 6) is 0. The van der Waals surface area contributed by atoms with Crippen LogP contribution >= 0.6 is 12.4 Å². The molecule has 0 fully saturated rings. The van der Waals surface area contributed by atoms with Crippen LogP contribution in [0.4, 0.5) is 13.2 Å². The third-order valence-corrected chi connectivity index (χ3v) is 2.11. The smallest absolute Gasteiger partial charge is 0.324 e. The highest BCUT2D eigenvalue weighted by Gasteiger charge is 2.29. The summed E-state index contributed by atoms with van der Waals surface area (Å²) in [7, 11) is 0. The lowest BCUT2D eigenvalue weighted by Gasteiger charge is -2.11. The molecule has 5 heteroatoms. The molecule has 0 aliphatic heterocycles. The Hall–Kier alpha value is -0.740. The van der Waals surface area contributed by atoms with E-state index in [1.54, 1.807) is 0 Å². The first-order valence-electron chi connectivity index (χ1n) is 4.38. The van der Waals surface area contributed by atoms with E-state index in [9.17, 15) is 13.2 Å². The molecule has 0 bridgehead atoms. The van der Waals surface area contributed by atoms with Crippen LogP contribution in [0.3, 0.4) is 0 Å². The van der Waals surface area contributed by atoms with Gasteiger partial charge in [-0.15, -0.1) is 12.4 Å². The Labute approximate surface area is 92.9 Å². The zero-order valence-electron chi connectivity index (χ0n) is 8.21. The fraction of sp³-hybridized carbons (Fsp3) is 0.400. The van der Waals surface area contributed by atoms with E-state index >= 15 is 0 Å². The van der Waals surface area contributed by atoms with Crippen molar-refractivity contribution in [1.29, 1.82) is 0 Å². The lowest BCUT2D eigenvalue weighted by molar-refractivity contribution is -0.137. The fourth-order valence-corrected chi connectivity index (χ4v) is 1.15. The Morgan fingerprint density at radius 3 is 2.00 bits per heavy atom. The first-order chi connectivity index (χ1) is 6.45. The zero-order valence-corrected chi connectivity index (χ0v) is 9.03. The Kier molecular flexibility index (Phi) is 5.11. The second-order valence-corrected chi connectivity index (χ2v) is 3.13. The highest BCUT2D eigenvalue weighted by molar-refractivity contribution is 5.85. The molecule has 0 radical (unpaired) electrons. The SMILES string of the molecule is CCC(N)c1ccc(C(F)(F)F)cc1.Cl. The minimum atomic E-state index is -4.27. The van der Waals surface area contributed by atoms with E-state index in [2.05, 4.69) is 0 Å². The van der Waals surface area contributed by atoms with Crippen molar-refractivity contribution in [2.75, 3.05) is 0 Å². The van der Waals surface area contributed by atoms with E-state index in [1.165, 1.54) is 12.1 Å². The Bertz CT molecular complexity index is 295. The van der Waals surface area contributed by atoms with Crippen LogP contribution in [0.2, 0.25) is 0 Å². The van der Waals surface area contributed by atoms with Gasteiger partial charge in [0.2, 0.25) is 0 Å². The average Bonchev–Trinajstić information content (AvgIpc) is 2.15. The molecule has 0 saturated heterocycles. The van der Waals surface area contributed by atoms with Gasteiger partial charge in [-0.3, -0.25) is 0 Å². The van der Waals surface area contributed by atoms with Gasteiger partial charge in [0, 0.05) is 6.04 Å². The summed E-state index contributed by atoms with van der Waals surface area (Å²) >= 11 is 0. The van der Waals surface area contributed by atoms with Gasteiger partial charge >= 0.3 is 6.18 Å². The van der Waals surface area contributed by atoms with Gasteiger partial charge in [0.15, 0.2) is 0 Å². The van der Waals surface area contributed by atoms with Crippen LogP contribution in [0.25, 0.3) is 0 Å². The summed E-state index contributed by atoms with van der Waals surface area (Å²) in [6.07, 6.45) is -3.56. The Balaban J connectivity index is 0.00000196. The van der Waals surface area contributed by atoms with Crippen LogP contribution in [-0.2, 0) is 6.18 Å². The molecule has 0 saturated carbocycles. The largest absolute Gasteiger partial charge is 0.416 e. The van der Waals surface area contributed by atoms with Gasteiger partial charge in [-0.25, -0.2) is 0 Å². The third kappa shape index (κ3) is 3.72. The summed E-state index contributed by atoms with van der Waals surface area (Å²) in [6, 6.07) is 4.79. The molecular weight excluding hydrogens is 227 g/mol. The molecular formula is C10H13ClF3N. The number of hydrogen-bond acceptors (Lipinski definition) is 1. The molecule has 1 aromatic carbocycles. The van der Waals surface area contributed by atoms with E-state index < -0.39 is 11.7 Å². The molecule has 0 amide bonds. The van der Waals surface area contributed by atoms with E-state index in [4.69, 9.17) is 5.73 Å². The van der Waals surface area contributed by atoms with Crippen LogP contribution < -0.4 is 5.73 Å². The van der Waals surface area contributed by atoms with Crippen molar-refractivity contribution in [2.24, 2.45) is 5.73 Å². The monoisotopic (exact) mass is 239 g/mol. The van der Waals surface area contributed by atoms with Gasteiger partial charge in [0.05, 0.1) is 5.56 Å². The van der Waals surface area contributed by atoms with Gasteiger partial charge in [0.25, 0.3) is 0 Å². The molecule has 1 aromatic rings. The third-order valence-electron chi connectivity index (χ3n) is 2.11. The normalized spacial score (nSPS) is 13.1. The van der Waals surface area contributed by atoms with E-state index in [-0.39, 0.29) is 18.4 Å². The van der Waals surface area contributed by atoms with Crippen molar-refractivity contribution in [3.05, 3.63) is 35.4 Å². The predicted octanol–water partition coefficient (Wildman–Crippen LogP) is 3.54. The van der Waals surface area contributed by atoms with E-state index in [0.717, 1.165) is 17.7 Å². The fourth-order valence-electron chi connectivity index (χ4n) is 1.15. The number of hydrogen-bond donors (Lipinski definition) is 1. The van der Waals surface area contributed by atoms with Crippen molar-refractivity contribution in [2.45, 2.75) is 25.6 Å². The van der Waals surface area contributed by atoms with Crippen molar-refractivity contribution in [1.82, 2.24) is 0 Å². The summed E-state index contributed by atoms with van der Waals surface area (Å²) in [5.41, 5.74) is 5.77.